The van der Waals surface area contributed by atoms with E-state index < -0.39 is 0 Å². The number of hydrogen-bond acceptors (Lipinski definition) is 4. The Morgan fingerprint density at radius 2 is 2.00 bits per heavy atom. The van der Waals surface area contributed by atoms with E-state index in [1.807, 2.05) is 6.07 Å². The van der Waals surface area contributed by atoms with E-state index >= 15 is 0 Å². The van der Waals surface area contributed by atoms with E-state index in [0.717, 1.165) is 31.9 Å². The van der Waals surface area contributed by atoms with Gasteiger partial charge < -0.3 is 15.2 Å². The van der Waals surface area contributed by atoms with Crippen molar-refractivity contribution in [2.24, 2.45) is 5.41 Å². The molecule has 0 radical (unpaired) electrons. The molecule has 118 valence electrons. The maximum atomic E-state index is 9.88. The van der Waals surface area contributed by atoms with Gasteiger partial charge in [-0.1, -0.05) is 19.9 Å². The molecule has 1 fully saturated rings. The Kier molecular flexibility index (Phi) is 5.25. The van der Waals surface area contributed by atoms with Gasteiger partial charge in [-0.05, 0) is 30.2 Å². The molecule has 2 N–H and O–H groups in total. The lowest BCUT2D eigenvalue weighted by Crippen LogP contribution is -2.49. The zero-order valence-electron chi connectivity index (χ0n) is 13.6. The van der Waals surface area contributed by atoms with E-state index in [1.165, 1.54) is 11.1 Å². The Morgan fingerprint density at radius 3 is 2.52 bits per heavy atom. The molecule has 21 heavy (non-hydrogen) atoms. The summed E-state index contributed by atoms with van der Waals surface area (Å²) in [6.07, 6.45) is 0. The van der Waals surface area contributed by atoms with Crippen LogP contribution in [0.15, 0.2) is 18.2 Å². The van der Waals surface area contributed by atoms with Crippen molar-refractivity contribution in [3.05, 3.63) is 29.3 Å². The van der Waals surface area contributed by atoms with Crippen LogP contribution in [0.1, 0.15) is 31.0 Å². The monoisotopic (exact) mass is 292 g/mol. The first-order chi connectivity index (χ1) is 9.99. The Bertz CT molecular complexity index is 468. The quantitative estimate of drug-likeness (QED) is 0.871. The number of nitrogens with one attached hydrogen (secondary N) is 1. The van der Waals surface area contributed by atoms with E-state index in [0.29, 0.717) is 0 Å². The first-order valence-electron chi connectivity index (χ1n) is 7.70. The van der Waals surface area contributed by atoms with E-state index in [4.69, 9.17) is 4.74 Å². The Hall–Kier alpha value is -1.10. The predicted octanol–water partition coefficient (Wildman–Crippen LogP) is 1.97. The van der Waals surface area contributed by atoms with Crippen molar-refractivity contribution in [2.45, 2.75) is 26.8 Å². The molecule has 1 aromatic rings. The largest absolute Gasteiger partial charge is 0.497 e. The maximum absolute atomic E-state index is 9.88. The number of piperazine rings is 1. The summed E-state index contributed by atoms with van der Waals surface area (Å²) < 4.78 is 5.31. The number of hydrogen-bond donors (Lipinski definition) is 2. The van der Waals surface area contributed by atoms with Crippen LogP contribution >= 0.6 is 0 Å². The Balaban J connectivity index is 2.39. The molecule has 1 aromatic carbocycles. The normalized spacial score (nSPS) is 18.5. The first-order valence-corrected chi connectivity index (χ1v) is 7.70. The van der Waals surface area contributed by atoms with Crippen LogP contribution in [0.2, 0.25) is 0 Å². The molecule has 2 rings (SSSR count). The Labute approximate surface area is 128 Å². The fraction of sp³-hybridized carbons (Fsp3) is 0.647. The molecule has 1 saturated heterocycles. The van der Waals surface area contributed by atoms with Crippen molar-refractivity contribution in [2.75, 3.05) is 39.9 Å². The molecule has 0 bridgehead atoms. The van der Waals surface area contributed by atoms with Crippen LogP contribution in [0.4, 0.5) is 0 Å². The fourth-order valence-corrected chi connectivity index (χ4v) is 3.22. The smallest absolute Gasteiger partial charge is 0.119 e. The lowest BCUT2D eigenvalue weighted by atomic mass is 9.78. The van der Waals surface area contributed by atoms with Gasteiger partial charge in [-0.15, -0.1) is 0 Å². The highest BCUT2D eigenvalue weighted by atomic mass is 16.5. The molecule has 1 atom stereocenters. The number of rotatable bonds is 5. The van der Waals surface area contributed by atoms with Gasteiger partial charge in [0.05, 0.1) is 7.11 Å². The summed E-state index contributed by atoms with van der Waals surface area (Å²) in [6.45, 7) is 10.6. The molecule has 4 heteroatoms. The fourth-order valence-electron chi connectivity index (χ4n) is 3.22. The summed E-state index contributed by atoms with van der Waals surface area (Å²) in [7, 11) is 1.69. The van der Waals surface area contributed by atoms with E-state index in [9.17, 15) is 5.11 Å². The van der Waals surface area contributed by atoms with Gasteiger partial charge in [-0.2, -0.15) is 0 Å². The van der Waals surface area contributed by atoms with Crippen LogP contribution in [0.25, 0.3) is 0 Å². The summed E-state index contributed by atoms with van der Waals surface area (Å²) in [5.41, 5.74) is 2.33. The van der Waals surface area contributed by atoms with Crippen LogP contribution in [0.3, 0.4) is 0 Å². The van der Waals surface area contributed by atoms with E-state index in [1.54, 1.807) is 7.11 Å². The number of aryl methyl sites for hydroxylation is 1. The minimum atomic E-state index is -0.184. The third kappa shape index (κ3) is 3.57. The van der Waals surface area contributed by atoms with Gasteiger partial charge in [0.25, 0.3) is 0 Å². The van der Waals surface area contributed by atoms with Gasteiger partial charge in [-0.3, -0.25) is 4.90 Å². The predicted molar refractivity (Wildman–Crippen MR) is 85.8 cm³/mol. The van der Waals surface area contributed by atoms with Crippen molar-refractivity contribution in [3.63, 3.8) is 0 Å². The standard InChI is InChI=1S/C17H28N2O2/c1-13-11-14(21-4)5-6-15(13)16(17(2,3)12-20)19-9-7-18-8-10-19/h5-6,11,16,18,20H,7-10,12H2,1-4H3/t16-/m0/s1. The average molecular weight is 292 g/mol. The molecule has 0 saturated carbocycles. The minimum Gasteiger partial charge on any atom is -0.497 e. The Morgan fingerprint density at radius 1 is 1.33 bits per heavy atom. The summed E-state index contributed by atoms with van der Waals surface area (Å²) in [4.78, 5) is 2.49. The molecular formula is C17H28N2O2. The van der Waals surface area contributed by atoms with Crippen LogP contribution in [0, 0.1) is 12.3 Å². The highest BCUT2D eigenvalue weighted by Crippen LogP contribution is 2.40. The third-order valence-electron chi connectivity index (χ3n) is 4.44. The lowest BCUT2D eigenvalue weighted by Gasteiger charge is -2.44. The molecule has 4 nitrogen and oxygen atoms in total. The molecule has 0 spiro atoms. The summed E-state index contributed by atoms with van der Waals surface area (Å²) in [5.74, 6) is 0.886. The molecule has 0 amide bonds. The van der Waals surface area contributed by atoms with Crippen molar-refractivity contribution < 1.29 is 9.84 Å². The zero-order chi connectivity index (χ0) is 15.5. The highest BCUT2D eigenvalue weighted by Gasteiger charge is 2.36. The van der Waals surface area contributed by atoms with Crippen LogP contribution in [0.5, 0.6) is 5.75 Å². The van der Waals surface area contributed by atoms with Crippen molar-refractivity contribution in [3.8, 4) is 5.75 Å². The van der Waals surface area contributed by atoms with Gasteiger partial charge in [0.1, 0.15) is 5.75 Å². The zero-order valence-corrected chi connectivity index (χ0v) is 13.6. The van der Waals surface area contributed by atoms with Crippen LogP contribution in [-0.2, 0) is 0 Å². The molecule has 0 unspecified atom stereocenters. The SMILES string of the molecule is COc1ccc([C@H](N2CCNCC2)C(C)(C)CO)c(C)c1. The molecule has 1 aliphatic rings. The molecule has 0 aromatic heterocycles. The second-order valence-electron chi connectivity index (χ2n) is 6.56. The third-order valence-corrected chi connectivity index (χ3v) is 4.44. The van der Waals surface area contributed by atoms with E-state index in [2.05, 4.69) is 43.1 Å². The summed E-state index contributed by atoms with van der Waals surface area (Å²) >= 11 is 0. The summed E-state index contributed by atoms with van der Waals surface area (Å²) in [6, 6.07) is 6.47. The molecule has 1 heterocycles. The second-order valence-corrected chi connectivity index (χ2v) is 6.56. The van der Waals surface area contributed by atoms with Crippen LogP contribution in [-0.4, -0.2) is 49.9 Å². The van der Waals surface area contributed by atoms with Crippen molar-refractivity contribution in [1.29, 1.82) is 0 Å². The van der Waals surface area contributed by atoms with Crippen molar-refractivity contribution in [1.82, 2.24) is 10.2 Å². The van der Waals surface area contributed by atoms with Gasteiger partial charge in [0, 0.05) is 44.2 Å². The number of methoxy groups -OCH3 is 1. The molecule has 1 aliphatic heterocycles. The summed E-state index contributed by atoms with van der Waals surface area (Å²) in [5, 5.41) is 13.3. The number of aliphatic hydroxyl groups is 1. The molecule has 0 aliphatic carbocycles. The topological polar surface area (TPSA) is 44.7 Å². The van der Waals surface area contributed by atoms with E-state index in [-0.39, 0.29) is 18.1 Å². The van der Waals surface area contributed by atoms with Crippen LogP contribution < -0.4 is 10.1 Å². The van der Waals surface area contributed by atoms with Gasteiger partial charge in [0.2, 0.25) is 0 Å². The van der Waals surface area contributed by atoms with Gasteiger partial charge >= 0.3 is 0 Å². The lowest BCUT2D eigenvalue weighted by molar-refractivity contribution is 0.0302. The van der Waals surface area contributed by atoms with Gasteiger partial charge in [-0.25, -0.2) is 0 Å². The number of benzene rings is 1. The number of nitrogens with zero attached hydrogens (tertiary/aromatic N) is 1. The molecular weight excluding hydrogens is 264 g/mol. The van der Waals surface area contributed by atoms with Gasteiger partial charge in [0.15, 0.2) is 0 Å². The maximum Gasteiger partial charge on any atom is 0.119 e. The minimum absolute atomic E-state index is 0.174. The van der Waals surface area contributed by atoms with Crippen molar-refractivity contribution >= 4 is 0 Å². The highest BCUT2D eigenvalue weighted by molar-refractivity contribution is 5.37. The average Bonchev–Trinajstić information content (AvgIpc) is 2.50. The second kappa shape index (κ2) is 6.77. The first kappa shape index (κ1) is 16.3. The number of ether oxygens (including phenoxy) is 1. The number of aliphatic hydroxyl groups excluding tert-OH is 1.